The lowest BCUT2D eigenvalue weighted by Crippen LogP contribution is -1.92. The summed E-state index contributed by atoms with van der Waals surface area (Å²) in [7, 11) is 0. The van der Waals surface area contributed by atoms with Crippen LogP contribution in [0.4, 0.5) is 0 Å². The molecule has 3 heteroatoms. The maximum absolute atomic E-state index is 6.22. The van der Waals surface area contributed by atoms with Crippen LogP contribution in [0.2, 0.25) is 5.02 Å². The van der Waals surface area contributed by atoms with Crippen molar-refractivity contribution in [3.05, 3.63) is 71.1 Å². The monoisotopic (exact) mass is 320 g/mol. The first-order chi connectivity index (χ1) is 8.77. The van der Waals surface area contributed by atoms with E-state index >= 15 is 0 Å². The lowest BCUT2D eigenvalue weighted by Gasteiger charge is -2.12. The highest BCUT2D eigenvalue weighted by Gasteiger charge is 2.15. The highest BCUT2D eigenvalue weighted by Crippen LogP contribution is 2.37. The zero-order chi connectivity index (χ0) is 12.5. The number of halogens is 2. The predicted molar refractivity (Wildman–Crippen MR) is 78.4 cm³/mol. The Morgan fingerprint density at radius 2 is 1.78 bits per heavy atom. The molecule has 0 spiro atoms. The quantitative estimate of drug-likeness (QED) is 0.562. The minimum absolute atomic E-state index is 0.110. The summed E-state index contributed by atoms with van der Waals surface area (Å²) in [6.45, 7) is 0. The van der Waals surface area contributed by atoms with Crippen LogP contribution in [0, 0.1) is 0 Å². The molecule has 0 amide bonds. The number of alkyl halides is 1. The number of furan rings is 1. The SMILES string of the molecule is Clc1ccc(C(Br)c2ccoc2)c2ccccc12. The Morgan fingerprint density at radius 1 is 1.00 bits per heavy atom. The van der Waals surface area contributed by atoms with Crippen molar-refractivity contribution in [2.24, 2.45) is 0 Å². The summed E-state index contributed by atoms with van der Waals surface area (Å²) in [5.74, 6) is 0. The average molecular weight is 322 g/mol. The highest BCUT2D eigenvalue weighted by molar-refractivity contribution is 9.09. The summed E-state index contributed by atoms with van der Waals surface area (Å²) in [5, 5.41) is 3.01. The van der Waals surface area contributed by atoms with Crippen molar-refractivity contribution < 1.29 is 4.42 Å². The first-order valence-corrected chi connectivity index (χ1v) is 6.90. The summed E-state index contributed by atoms with van der Waals surface area (Å²) in [4.78, 5) is 0.110. The van der Waals surface area contributed by atoms with E-state index in [0.717, 1.165) is 21.4 Å². The maximum atomic E-state index is 6.22. The molecule has 1 unspecified atom stereocenters. The fourth-order valence-electron chi connectivity index (χ4n) is 2.11. The molecular formula is C15H10BrClO. The summed E-state index contributed by atoms with van der Waals surface area (Å²) in [5.41, 5.74) is 2.29. The van der Waals surface area contributed by atoms with Gasteiger partial charge in [-0.05, 0) is 23.1 Å². The van der Waals surface area contributed by atoms with Gasteiger partial charge in [-0.1, -0.05) is 57.9 Å². The minimum Gasteiger partial charge on any atom is -0.472 e. The van der Waals surface area contributed by atoms with Crippen molar-refractivity contribution in [3.63, 3.8) is 0 Å². The van der Waals surface area contributed by atoms with Gasteiger partial charge in [-0.15, -0.1) is 0 Å². The van der Waals surface area contributed by atoms with Crippen LogP contribution >= 0.6 is 27.5 Å². The second-order valence-corrected chi connectivity index (χ2v) is 5.42. The first-order valence-electron chi connectivity index (χ1n) is 5.60. The van der Waals surface area contributed by atoms with Crippen LogP contribution in [0.15, 0.2) is 59.4 Å². The molecule has 0 bridgehead atoms. The van der Waals surface area contributed by atoms with Gasteiger partial charge in [0.2, 0.25) is 0 Å². The van der Waals surface area contributed by atoms with E-state index in [1.165, 1.54) is 5.56 Å². The molecule has 0 radical (unpaired) electrons. The molecule has 1 atom stereocenters. The lowest BCUT2D eigenvalue weighted by molar-refractivity contribution is 0.564. The molecule has 1 aromatic heterocycles. The summed E-state index contributed by atoms with van der Waals surface area (Å²) < 4.78 is 5.14. The number of hydrogen-bond acceptors (Lipinski definition) is 1. The van der Waals surface area contributed by atoms with Gasteiger partial charge in [-0.25, -0.2) is 0 Å². The van der Waals surface area contributed by atoms with Crippen LogP contribution in [-0.2, 0) is 0 Å². The van der Waals surface area contributed by atoms with Gasteiger partial charge in [0.25, 0.3) is 0 Å². The normalized spacial score (nSPS) is 12.8. The van der Waals surface area contributed by atoms with Crippen molar-refractivity contribution in [2.45, 2.75) is 4.83 Å². The van der Waals surface area contributed by atoms with Crippen LogP contribution in [0.5, 0.6) is 0 Å². The molecular weight excluding hydrogens is 312 g/mol. The molecule has 0 aliphatic carbocycles. The summed E-state index contributed by atoms with van der Waals surface area (Å²) in [6, 6.07) is 14.1. The number of fused-ring (bicyclic) bond motifs is 1. The summed E-state index contributed by atoms with van der Waals surface area (Å²) in [6.07, 6.45) is 3.44. The van der Waals surface area contributed by atoms with E-state index in [2.05, 4.69) is 28.1 Å². The third kappa shape index (κ3) is 1.96. The van der Waals surface area contributed by atoms with Gasteiger partial charge in [0.05, 0.1) is 17.4 Å². The average Bonchev–Trinajstić information content (AvgIpc) is 2.93. The number of rotatable bonds is 2. The van der Waals surface area contributed by atoms with Gasteiger partial charge in [0, 0.05) is 16.0 Å². The Labute approximate surface area is 119 Å². The van der Waals surface area contributed by atoms with Crippen molar-refractivity contribution in [2.75, 3.05) is 0 Å². The Hall–Kier alpha value is -1.25. The van der Waals surface area contributed by atoms with Crippen molar-refractivity contribution in [3.8, 4) is 0 Å². The zero-order valence-electron chi connectivity index (χ0n) is 9.44. The Bertz CT molecular complexity index is 676. The van der Waals surface area contributed by atoms with Gasteiger partial charge in [-0.2, -0.15) is 0 Å². The van der Waals surface area contributed by atoms with Gasteiger partial charge in [0.1, 0.15) is 0 Å². The fraction of sp³-hybridized carbons (Fsp3) is 0.0667. The lowest BCUT2D eigenvalue weighted by atomic mass is 10.00. The largest absolute Gasteiger partial charge is 0.472 e. The van der Waals surface area contributed by atoms with Crippen molar-refractivity contribution in [1.29, 1.82) is 0 Å². The second kappa shape index (κ2) is 4.79. The molecule has 3 rings (SSSR count). The molecule has 90 valence electrons. The van der Waals surface area contributed by atoms with E-state index in [1.54, 1.807) is 12.5 Å². The molecule has 2 aromatic carbocycles. The smallest absolute Gasteiger partial charge is 0.0949 e. The van der Waals surface area contributed by atoms with Gasteiger partial charge >= 0.3 is 0 Å². The van der Waals surface area contributed by atoms with E-state index < -0.39 is 0 Å². The molecule has 1 heterocycles. The van der Waals surface area contributed by atoms with Crippen molar-refractivity contribution in [1.82, 2.24) is 0 Å². The number of hydrogen-bond donors (Lipinski definition) is 0. The van der Waals surface area contributed by atoms with Crippen LogP contribution in [0.3, 0.4) is 0 Å². The van der Waals surface area contributed by atoms with E-state index in [0.29, 0.717) is 0 Å². The molecule has 0 saturated carbocycles. The van der Waals surface area contributed by atoms with E-state index in [1.807, 2.05) is 30.3 Å². The molecule has 18 heavy (non-hydrogen) atoms. The van der Waals surface area contributed by atoms with E-state index in [9.17, 15) is 0 Å². The fourth-order valence-corrected chi connectivity index (χ4v) is 2.99. The minimum atomic E-state index is 0.110. The maximum Gasteiger partial charge on any atom is 0.0949 e. The first kappa shape index (κ1) is 11.8. The predicted octanol–water partition coefficient (Wildman–Crippen LogP) is 5.57. The van der Waals surface area contributed by atoms with Crippen molar-refractivity contribution >= 4 is 38.3 Å². The van der Waals surface area contributed by atoms with Gasteiger partial charge < -0.3 is 4.42 Å². The number of benzene rings is 2. The van der Waals surface area contributed by atoms with Crippen LogP contribution in [0.1, 0.15) is 16.0 Å². The zero-order valence-corrected chi connectivity index (χ0v) is 11.8. The topological polar surface area (TPSA) is 13.1 Å². The van der Waals surface area contributed by atoms with Gasteiger partial charge in [-0.3, -0.25) is 0 Å². The standard InChI is InChI=1S/C15H10BrClO/c16-15(10-7-8-18-9-10)13-5-6-14(17)12-4-2-1-3-11(12)13/h1-9,15H. The summed E-state index contributed by atoms with van der Waals surface area (Å²) >= 11 is 9.94. The Morgan fingerprint density at radius 3 is 2.50 bits per heavy atom. The molecule has 0 saturated heterocycles. The van der Waals surface area contributed by atoms with E-state index in [4.69, 9.17) is 16.0 Å². The third-order valence-corrected chi connectivity index (χ3v) is 4.36. The second-order valence-electron chi connectivity index (χ2n) is 4.10. The van der Waals surface area contributed by atoms with Crippen LogP contribution < -0.4 is 0 Å². The van der Waals surface area contributed by atoms with Crippen LogP contribution in [0.25, 0.3) is 10.8 Å². The molecule has 0 aliphatic rings. The Kier molecular flexibility index (Phi) is 3.14. The molecule has 1 nitrogen and oxygen atoms in total. The highest BCUT2D eigenvalue weighted by atomic mass is 79.9. The molecule has 0 fully saturated rings. The molecule has 0 aliphatic heterocycles. The van der Waals surface area contributed by atoms with E-state index in [-0.39, 0.29) is 4.83 Å². The Balaban J connectivity index is 2.21. The van der Waals surface area contributed by atoms with Crippen LogP contribution in [-0.4, -0.2) is 0 Å². The van der Waals surface area contributed by atoms with Gasteiger partial charge in [0.15, 0.2) is 0 Å². The third-order valence-electron chi connectivity index (χ3n) is 3.01. The molecule has 3 aromatic rings. The molecule has 0 N–H and O–H groups in total.